The summed E-state index contributed by atoms with van der Waals surface area (Å²) in [5.41, 5.74) is 4.82. The highest BCUT2D eigenvalue weighted by molar-refractivity contribution is 5.58. The van der Waals surface area contributed by atoms with E-state index in [2.05, 4.69) is 28.0 Å². The monoisotopic (exact) mass is 312 g/mol. The molecule has 23 heavy (non-hydrogen) atoms. The second kappa shape index (κ2) is 7.25. The first-order valence-corrected chi connectivity index (χ1v) is 9.98. The van der Waals surface area contributed by atoms with E-state index in [1.54, 1.807) is 16.8 Å². The number of benzene rings is 1. The highest BCUT2D eigenvalue weighted by atomic mass is 15.3. The van der Waals surface area contributed by atoms with Crippen LogP contribution in [0, 0.1) is 5.92 Å². The molecule has 1 aromatic carbocycles. The normalized spacial score (nSPS) is 23.2. The summed E-state index contributed by atoms with van der Waals surface area (Å²) < 4.78 is 0. The lowest BCUT2D eigenvalue weighted by Crippen LogP contribution is -2.47. The minimum absolute atomic E-state index is 1.03. The number of hydrogen-bond donors (Lipinski definition) is 0. The fraction of sp³-hybridized carbons (Fsp3) is 0.714. The molecular formula is C21H32N2. The zero-order valence-electron chi connectivity index (χ0n) is 14.6. The third-order valence-electron chi connectivity index (χ3n) is 6.41. The molecule has 1 aliphatic heterocycles. The summed E-state index contributed by atoms with van der Waals surface area (Å²) in [5, 5.41) is 0. The molecule has 1 saturated heterocycles. The smallest absolute Gasteiger partial charge is 0.0402 e. The lowest BCUT2D eigenvalue weighted by Gasteiger charge is -2.37. The van der Waals surface area contributed by atoms with E-state index in [9.17, 15) is 0 Å². The molecule has 0 atom stereocenters. The van der Waals surface area contributed by atoms with Crippen LogP contribution in [0.5, 0.6) is 0 Å². The van der Waals surface area contributed by atoms with Crippen LogP contribution in [0.1, 0.15) is 56.1 Å². The Morgan fingerprint density at radius 1 is 0.870 bits per heavy atom. The second-order valence-electron chi connectivity index (χ2n) is 7.89. The summed E-state index contributed by atoms with van der Waals surface area (Å²) in [5.74, 6) is 1.03. The Kier molecular flexibility index (Phi) is 4.89. The number of fused-ring (bicyclic) bond motifs is 1. The van der Waals surface area contributed by atoms with Crippen LogP contribution in [0.4, 0.5) is 5.69 Å². The summed E-state index contributed by atoms with van der Waals surface area (Å²) in [6, 6.07) is 6.98. The quantitative estimate of drug-likeness (QED) is 0.819. The molecule has 1 aromatic rings. The van der Waals surface area contributed by atoms with Crippen molar-refractivity contribution in [2.75, 3.05) is 37.6 Å². The van der Waals surface area contributed by atoms with Crippen LogP contribution in [0.3, 0.4) is 0 Å². The van der Waals surface area contributed by atoms with Gasteiger partial charge in [-0.2, -0.15) is 0 Å². The lowest BCUT2D eigenvalue weighted by atomic mass is 9.87. The first-order valence-electron chi connectivity index (χ1n) is 9.98. The van der Waals surface area contributed by atoms with Gasteiger partial charge in [0.25, 0.3) is 0 Å². The van der Waals surface area contributed by atoms with Gasteiger partial charge in [0.15, 0.2) is 0 Å². The van der Waals surface area contributed by atoms with Gasteiger partial charge in [-0.3, -0.25) is 4.90 Å². The highest BCUT2D eigenvalue weighted by Gasteiger charge is 2.23. The van der Waals surface area contributed by atoms with E-state index in [4.69, 9.17) is 0 Å². The van der Waals surface area contributed by atoms with E-state index in [-0.39, 0.29) is 0 Å². The van der Waals surface area contributed by atoms with Crippen molar-refractivity contribution in [1.29, 1.82) is 0 Å². The van der Waals surface area contributed by atoms with Gasteiger partial charge < -0.3 is 4.90 Å². The fourth-order valence-corrected chi connectivity index (χ4v) is 4.95. The molecule has 4 rings (SSSR count). The van der Waals surface area contributed by atoms with Crippen LogP contribution < -0.4 is 4.90 Å². The Morgan fingerprint density at radius 2 is 1.70 bits per heavy atom. The largest absolute Gasteiger partial charge is 0.369 e. The number of anilines is 1. The molecular weight excluding hydrogens is 280 g/mol. The molecule has 2 nitrogen and oxygen atoms in total. The van der Waals surface area contributed by atoms with Crippen molar-refractivity contribution in [3.05, 3.63) is 29.3 Å². The van der Waals surface area contributed by atoms with E-state index >= 15 is 0 Å². The number of piperazine rings is 1. The van der Waals surface area contributed by atoms with Gasteiger partial charge in [-0.1, -0.05) is 44.2 Å². The molecule has 2 heteroatoms. The molecule has 2 aliphatic carbocycles. The SMILES string of the molecule is c1cc2c(c(N3CCN(CCC4CCCCC4)CC3)c1)CCC2. The Morgan fingerprint density at radius 3 is 2.52 bits per heavy atom. The van der Waals surface area contributed by atoms with Crippen molar-refractivity contribution in [1.82, 2.24) is 4.90 Å². The Labute approximate surface area is 141 Å². The highest BCUT2D eigenvalue weighted by Crippen LogP contribution is 2.32. The van der Waals surface area contributed by atoms with E-state index < -0.39 is 0 Å². The molecule has 1 saturated carbocycles. The van der Waals surface area contributed by atoms with Crippen LogP contribution in [0.15, 0.2) is 18.2 Å². The van der Waals surface area contributed by atoms with Gasteiger partial charge in [0.05, 0.1) is 0 Å². The van der Waals surface area contributed by atoms with E-state index in [0.29, 0.717) is 0 Å². The summed E-state index contributed by atoms with van der Waals surface area (Å²) in [6.07, 6.45) is 12.8. The molecule has 2 fully saturated rings. The third-order valence-corrected chi connectivity index (χ3v) is 6.41. The van der Waals surface area contributed by atoms with E-state index in [1.165, 1.54) is 90.5 Å². The van der Waals surface area contributed by atoms with Gasteiger partial charge >= 0.3 is 0 Å². The average Bonchev–Trinajstić information content (AvgIpc) is 3.10. The van der Waals surface area contributed by atoms with Crippen LogP contribution in [0.25, 0.3) is 0 Å². The van der Waals surface area contributed by atoms with E-state index in [1.807, 2.05) is 0 Å². The summed E-state index contributed by atoms with van der Waals surface area (Å²) in [7, 11) is 0. The predicted molar refractivity (Wildman–Crippen MR) is 98.3 cm³/mol. The third kappa shape index (κ3) is 3.57. The maximum absolute atomic E-state index is 2.72. The van der Waals surface area contributed by atoms with Crippen LogP contribution in [-0.2, 0) is 12.8 Å². The van der Waals surface area contributed by atoms with Crippen LogP contribution in [-0.4, -0.2) is 37.6 Å². The summed E-state index contributed by atoms with van der Waals surface area (Å²) in [4.78, 5) is 5.37. The number of hydrogen-bond acceptors (Lipinski definition) is 2. The molecule has 0 aromatic heterocycles. The lowest BCUT2D eigenvalue weighted by molar-refractivity contribution is 0.221. The first kappa shape index (κ1) is 15.5. The standard InChI is InChI=1S/C21H32N2/c1-2-6-18(7-3-1)12-13-22-14-16-23(17-15-22)21-11-5-9-19-8-4-10-20(19)21/h5,9,11,18H,1-4,6-8,10,12-17H2. The second-order valence-corrected chi connectivity index (χ2v) is 7.89. The number of nitrogens with zero attached hydrogens (tertiary/aromatic N) is 2. The van der Waals surface area contributed by atoms with Gasteiger partial charge in [-0.05, 0) is 55.3 Å². The summed E-state index contributed by atoms with van der Waals surface area (Å²) >= 11 is 0. The molecule has 126 valence electrons. The van der Waals surface area contributed by atoms with Gasteiger partial charge in [0, 0.05) is 31.9 Å². The Bertz CT molecular complexity index is 511. The molecule has 0 bridgehead atoms. The summed E-state index contributed by atoms with van der Waals surface area (Å²) in [6.45, 7) is 6.31. The topological polar surface area (TPSA) is 6.48 Å². The molecule has 0 amide bonds. The molecule has 0 radical (unpaired) electrons. The molecule has 0 unspecified atom stereocenters. The van der Waals surface area contributed by atoms with Gasteiger partial charge in [-0.25, -0.2) is 0 Å². The first-order chi connectivity index (χ1) is 11.4. The maximum atomic E-state index is 2.72. The zero-order valence-corrected chi connectivity index (χ0v) is 14.6. The zero-order chi connectivity index (χ0) is 15.5. The van der Waals surface area contributed by atoms with Crippen molar-refractivity contribution in [2.45, 2.75) is 57.8 Å². The van der Waals surface area contributed by atoms with Gasteiger partial charge in [0.1, 0.15) is 0 Å². The van der Waals surface area contributed by atoms with Crippen molar-refractivity contribution in [3.8, 4) is 0 Å². The van der Waals surface area contributed by atoms with Gasteiger partial charge in [0.2, 0.25) is 0 Å². The predicted octanol–water partition coefficient (Wildman–Crippen LogP) is 4.27. The fourth-order valence-electron chi connectivity index (χ4n) is 4.95. The van der Waals surface area contributed by atoms with E-state index in [0.717, 1.165) is 5.92 Å². The van der Waals surface area contributed by atoms with Crippen molar-refractivity contribution >= 4 is 5.69 Å². The number of aryl methyl sites for hydroxylation is 1. The number of rotatable bonds is 4. The molecule has 0 N–H and O–H groups in total. The minimum Gasteiger partial charge on any atom is -0.369 e. The molecule has 1 heterocycles. The minimum atomic E-state index is 1.03. The Balaban J connectivity index is 1.28. The molecule has 0 spiro atoms. The molecule has 3 aliphatic rings. The van der Waals surface area contributed by atoms with Crippen LogP contribution >= 0.6 is 0 Å². The maximum Gasteiger partial charge on any atom is 0.0402 e. The van der Waals surface area contributed by atoms with Crippen molar-refractivity contribution in [3.63, 3.8) is 0 Å². The van der Waals surface area contributed by atoms with Gasteiger partial charge in [-0.15, -0.1) is 0 Å². The average molecular weight is 313 g/mol. The van der Waals surface area contributed by atoms with Crippen LogP contribution in [0.2, 0.25) is 0 Å². The van der Waals surface area contributed by atoms with Crippen molar-refractivity contribution < 1.29 is 0 Å². The van der Waals surface area contributed by atoms with Crippen molar-refractivity contribution in [2.24, 2.45) is 5.92 Å². The Hall–Kier alpha value is -1.02.